The Kier molecular flexibility index (Phi) is 5.10. The highest BCUT2D eigenvalue weighted by molar-refractivity contribution is 9.09. The third-order valence-electron chi connectivity index (χ3n) is 3.15. The molecule has 0 radical (unpaired) electrons. The van der Waals surface area contributed by atoms with Gasteiger partial charge in [-0.25, -0.2) is 0 Å². The number of piperidine rings is 1. The SMILES string of the molecule is CC(C)CCC(=O)N1CCC(C)C(Br)C1. The van der Waals surface area contributed by atoms with Gasteiger partial charge < -0.3 is 4.90 Å². The second-order valence-corrected chi connectivity index (χ2v) is 6.23. The summed E-state index contributed by atoms with van der Waals surface area (Å²) in [4.78, 5) is 14.4. The second-order valence-electron chi connectivity index (χ2n) is 5.05. The average Bonchev–Trinajstić information content (AvgIpc) is 2.18. The summed E-state index contributed by atoms with van der Waals surface area (Å²) in [5.41, 5.74) is 0. The van der Waals surface area contributed by atoms with E-state index in [-0.39, 0.29) is 0 Å². The zero-order valence-corrected chi connectivity index (χ0v) is 11.6. The number of halogens is 1. The van der Waals surface area contributed by atoms with E-state index in [4.69, 9.17) is 0 Å². The molecule has 0 aromatic rings. The van der Waals surface area contributed by atoms with Gasteiger partial charge >= 0.3 is 0 Å². The van der Waals surface area contributed by atoms with Crippen molar-refractivity contribution in [2.24, 2.45) is 11.8 Å². The van der Waals surface area contributed by atoms with E-state index in [2.05, 4.69) is 36.7 Å². The summed E-state index contributed by atoms with van der Waals surface area (Å²) in [6, 6.07) is 0. The van der Waals surface area contributed by atoms with Crippen molar-refractivity contribution < 1.29 is 4.79 Å². The number of carbonyl (C=O) groups excluding carboxylic acids is 1. The van der Waals surface area contributed by atoms with E-state index in [1.165, 1.54) is 0 Å². The summed E-state index contributed by atoms with van der Waals surface area (Å²) in [5, 5.41) is 0. The van der Waals surface area contributed by atoms with Gasteiger partial charge in [0.1, 0.15) is 0 Å². The van der Waals surface area contributed by atoms with Crippen LogP contribution in [0.1, 0.15) is 40.0 Å². The number of rotatable bonds is 3. The fraction of sp³-hybridized carbons (Fsp3) is 0.917. The van der Waals surface area contributed by atoms with Crippen LogP contribution in [-0.2, 0) is 4.79 Å². The van der Waals surface area contributed by atoms with Crippen LogP contribution in [-0.4, -0.2) is 28.7 Å². The molecule has 2 unspecified atom stereocenters. The summed E-state index contributed by atoms with van der Waals surface area (Å²) in [5.74, 6) is 1.65. The molecule has 1 saturated heterocycles. The van der Waals surface area contributed by atoms with Gasteiger partial charge in [-0.1, -0.05) is 36.7 Å². The molecule has 0 N–H and O–H groups in total. The minimum Gasteiger partial charge on any atom is -0.342 e. The molecule has 1 aliphatic heterocycles. The molecule has 0 spiro atoms. The first-order valence-corrected chi connectivity index (χ1v) is 6.84. The van der Waals surface area contributed by atoms with Crippen molar-refractivity contribution in [3.8, 4) is 0 Å². The number of likely N-dealkylation sites (tertiary alicyclic amines) is 1. The Labute approximate surface area is 102 Å². The maximum Gasteiger partial charge on any atom is 0.222 e. The molecule has 2 atom stereocenters. The molecule has 1 amide bonds. The van der Waals surface area contributed by atoms with Crippen molar-refractivity contribution in [2.75, 3.05) is 13.1 Å². The molecule has 2 nitrogen and oxygen atoms in total. The minimum atomic E-state index is 0.333. The van der Waals surface area contributed by atoms with Crippen molar-refractivity contribution >= 4 is 21.8 Å². The average molecular weight is 276 g/mol. The normalized spacial score (nSPS) is 27.1. The first-order valence-electron chi connectivity index (χ1n) is 5.92. The van der Waals surface area contributed by atoms with Gasteiger partial charge in [-0.15, -0.1) is 0 Å². The van der Waals surface area contributed by atoms with Crippen LogP contribution in [0.2, 0.25) is 0 Å². The van der Waals surface area contributed by atoms with Gasteiger partial charge in [-0.2, -0.15) is 0 Å². The van der Waals surface area contributed by atoms with E-state index < -0.39 is 0 Å². The monoisotopic (exact) mass is 275 g/mol. The van der Waals surface area contributed by atoms with E-state index >= 15 is 0 Å². The first kappa shape index (κ1) is 13.0. The zero-order valence-electron chi connectivity index (χ0n) is 10.0. The zero-order chi connectivity index (χ0) is 11.4. The van der Waals surface area contributed by atoms with Crippen LogP contribution in [0.4, 0.5) is 0 Å². The molecule has 0 aromatic heterocycles. The molecular formula is C12H22BrNO. The predicted molar refractivity (Wildman–Crippen MR) is 67.1 cm³/mol. The standard InChI is InChI=1S/C12H22BrNO/c1-9(2)4-5-12(15)14-7-6-10(3)11(13)8-14/h9-11H,4-8H2,1-3H3. The summed E-state index contributed by atoms with van der Waals surface area (Å²) in [6.45, 7) is 8.41. The third-order valence-corrected chi connectivity index (χ3v) is 4.35. The van der Waals surface area contributed by atoms with Crippen LogP contribution < -0.4 is 0 Å². The van der Waals surface area contributed by atoms with Gasteiger partial charge in [0.2, 0.25) is 5.91 Å². The third kappa shape index (κ3) is 4.13. The fourth-order valence-corrected chi connectivity index (χ4v) is 2.43. The molecule has 0 aliphatic carbocycles. The van der Waals surface area contributed by atoms with Crippen LogP contribution in [0.3, 0.4) is 0 Å². The highest BCUT2D eigenvalue weighted by Gasteiger charge is 2.26. The lowest BCUT2D eigenvalue weighted by Gasteiger charge is -2.34. The lowest BCUT2D eigenvalue weighted by Crippen LogP contribution is -2.43. The number of amides is 1. The van der Waals surface area contributed by atoms with Crippen LogP contribution in [0.25, 0.3) is 0 Å². The quantitative estimate of drug-likeness (QED) is 0.725. The molecule has 1 heterocycles. The molecule has 1 aliphatic rings. The summed E-state index contributed by atoms with van der Waals surface area (Å²) in [7, 11) is 0. The van der Waals surface area contributed by atoms with Crippen molar-refractivity contribution in [1.82, 2.24) is 4.90 Å². The summed E-state index contributed by atoms with van der Waals surface area (Å²) in [6.07, 6.45) is 2.85. The molecule has 1 rings (SSSR count). The molecule has 3 heteroatoms. The number of carbonyl (C=O) groups is 1. The Balaban J connectivity index is 2.34. The highest BCUT2D eigenvalue weighted by Crippen LogP contribution is 2.24. The number of hydrogen-bond acceptors (Lipinski definition) is 1. The lowest BCUT2D eigenvalue weighted by atomic mass is 9.98. The topological polar surface area (TPSA) is 20.3 Å². The Morgan fingerprint density at radius 1 is 1.53 bits per heavy atom. The Bertz CT molecular complexity index is 218. The molecule has 0 aromatic carbocycles. The molecule has 0 bridgehead atoms. The van der Waals surface area contributed by atoms with E-state index in [0.717, 1.165) is 25.9 Å². The van der Waals surface area contributed by atoms with Crippen LogP contribution >= 0.6 is 15.9 Å². The van der Waals surface area contributed by atoms with Gasteiger partial charge in [0.25, 0.3) is 0 Å². The van der Waals surface area contributed by atoms with Crippen LogP contribution in [0.15, 0.2) is 0 Å². The molecule has 88 valence electrons. The Morgan fingerprint density at radius 2 is 2.20 bits per heavy atom. The van der Waals surface area contributed by atoms with Crippen molar-refractivity contribution in [3.63, 3.8) is 0 Å². The number of alkyl halides is 1. The second kappa shape index (κ2) is 5.88. The van der Waals surface area contributed by atoms with Crippen molar-refractivity contribution in [2.45, 2.75) is 44.9 Å². The van der Waals surface area contributed by atoms with Gasteiger partial charge in [0.05, 0.1) is 0 Å². The first-order chi connectivity index (χ1) is 7.00. The Hall–Kier alpha value is -0.0500. The number of nitrogens with zero attached hydrogens (tertiary/aromatic N) is 1. The minimum absolute atomic E-state index is 0.333. The van der Waals surface area contributed by atoms with Gasteiger partial charge in [0.15, 0.2) is 0 Å². The smallest absolute Gasteiger partial charge is 0.222 e. The summed E-state index contributed by atoms with van der Waals surface area (Å²) >= 11 is 3.65. The fourth-order valence-electron chi connectivity index (χ4n) is 1.82. The van der Waals surface area contributed by atoms with Crippen LogP contribution in [0.5, 0.6) is 0 Å². The van der Waals surface area contributed by atoms with Crippen molar-refractivity contribution in [3.05, 3.63) is 0 Å². The highest BCUT2D eigenvalue weighted by atomic mass is 79.9. The molecular weight excluding hydrogens is 254 g/mol. The van der Waals surface area contributed by atoms with E-state index in [0.29, 0.717) is 29.0 Å². The van der Waals surface area contributed by atoms with Gasteiger partial charge in [-0.05, 0) is 24.7 Å². The molecule has 1 fully saturated rings. The van der Waals surface area contributed by atoms with E-state index in [1.807, 2.05) is 4.90 Å². The van der Waals surface area contributed by atoms with E-state index in [9.17, 15) is 4.79 Å². The van der Waals surface area contributed by atoms with Crippen LogP contribution in [0, 0.1) is 11.8 Å². The van der Waals surface area contributed by atoms with Crippen molar-refractivity contribution in [1.29, 1.82) is 0 Å². The molecule has 0 saturated carbocycles. The Morgan fingerprint density at radius 3 is 2.73 bits per heavy atom. The van der Waals surface area contributed by atoms with E-state index in [1.54, 1.807) is 0 Å². The lowest BCUT2D eigenvalue weighted by molar-refractivity contribution is -0.132. The van der Waals surface area contributed by atoms with Gasteiger partial charge in [-0.3, -0.25) is 4.79 Å². The summed E-state index contributed by atoms with van der Waals surface area (Å²) < 4.78 is 0. The maximum absolute atomic E-state index is 11.9. The molecule has 15 heavy (non-hydrogen) atoms. The number of hydrogen-bond donors (Lipinski definition) is 0. The van der Waals surface area contributed by atoms with Gasteiger partial charge in [0, 0.05) is 24.3 Å². The maximum atomic E-state index is 11.9. The largest absolute Gasteiger partial charge is 0.342 e. The predicted octanol–water partition coefficient (Wildman–Crippen LogP) is 3.05.